The van der Waals surface area contributed by atoms with Gasteiger partial charge in [-0.15, -0.1) is 0 Å². The highest BCUT2D eigenvalue weighted by molar-refractivity contribution is 6.08. The van der Waals surface area contributed by atoms with Crippen molar-refractivity contribution in [1.29, 1.82) is 0 Å². The van der Waals surface area contributed by atoms with Gasteiger partial charge in [-0.2, -0.15) is 0 Å². The zero-order valence-corrected chi connectivity index (χ0v) is 27.0. The molecule has 2 heterocycles. The summed E-state index contributed by atoms with van der Waals surface area (Å²) in [7, 11) is 0. The van der Waals surface area contributed by atoms with Crippen molar-refractivity contribution in [3.8, 4) is 56.2 Å². The summed E-state index contributed by atoms with van der Waals surface area (Å²) < 4.78 is 7.03. The molecule has 2 aromatic heterocycles. The number of para-hydroxylation sites is 1. The first-order valence-electron chi connectivity index (χ1n) is 17.1. The highest BCUT2D eigenvalue weighted by Crippen LogP contribution is 2.65. The topological polar surface area (TPSA) is 38.9 Å². The van der Waals surface area contributed by atoms with E-state index in [2.05, 4.69) is 152 Å². The monoisotopic (exact) mass is 636 g/mol. The van der Waals surface area contributed by atoms with Crippen LogP contribution in [0.2, 0.25) is 0 Å². The average Bonchev–Trinajstić information content (AvgIpc) is 3.81. The molecule has 0 saturated heterocycles. The molecule has 3 nitrogen and oxygen atoms in total. The first-order valence-corrected chi connectivity index (χ1v) is 17.1. The van der Waals surface area contributed by atoms with Crippen LogP contribution in [0.1, 0.15) is 22.5 Å². The Balaban J connectivity index is 1.24. The molecule has 1 spiro atoms. The Kier molecular flexibility index (Phi) is 5.59. The number of hydrogen-bond acceptors (Lipinski definition) is 3. The van der Waals surface area contributed by atoms with Gasteiger partial charge in [-0.05, 0) is 56.8 Å². The van der Waals surface area contributed by atoms with E-state index in [-0.39, 0.29) is 0 Å². The van der Waals surface area contributed by atoms with Gasteiger partial charge in [-0.1, -0.05) is 152 Å². The number of hydrogen-bond donors (Lipinski definition) is 0. The van der Waals surface area contributed by atoms with Crippen molar-refractivity contribution in [2.75, 3.05) is 0 Å². The van der Waals surface area contributed by atoms with Gasteiger partial charge >= 0.3 is 0 Å². The van der Waals surface area contributed by atoms with E-state index in [9.17, 15) is 0 Å². The van der Waals surface area contributed by atoms with E-state index in [1.807, 2.05) is 18.2 Å². The summed E-state index contributed by atoms with van der Waals surface area (Å²) in [5, 5.41) is 3.50. The van der Waals surface area contributed by atoms with E-state index in [0.29, 0.717) is 5.82 Å². The summed E-state index contributed by atoms with van der Waals surface area (Å²) in [4.78, 5) is 10.5. The normalized spacial score (nSPS) is 13.4. The lowest BCUT2D eigenvalue weighted by Gasteiger charge is -2.28. The first-order chi connectivity index (χ1) is 24.8. The molecule has 7 aromatic carbocycles. The third-order valence-corrected chi connectivity index (χ3v) is 10.7. The van der Waals surface area contributed by atoms with Gasteiger partial charge < -0.3 is 4.42 Å². The second-order valence-corrected chi connectivity index (χ2v) is 13.3. The summed E-state index contributed by atoms with van der Waals surface area (Å²) in [6.45, 7) is 0. The minimum atomic E-state index is -0.594. The minimum Gasteiger partial charge on any atom is -0.459 e. The van der Waals surface area contributed by atoms with Gasteiger partial charge in [0.15, 0.2) is 5.82 Å². The molecule has 9 aromatic rings. The highest BCUT2D eigenvalue weighted by Gasteiger charge is 2.55. The fourth-order valence-electron chi connectivity index (χ4n) is 8.60. The van der Waals surface area contributed by atoms with Crippen LogP contribution in [0.3, 0.4) is 0 Å². The Morgan fingerprint density at radius 1 is 0.420 bits per heavy atom. The zero-order chi connectivity index (χ0) is 32.8. The summed E-state index contributed by atoms with van der Waals surface area (Å²) in [5.74, 6) is 1.68. The van der Waals surface area contributed by atoms with Gasteiger partial charge in [-0.25, -0.2) is 9.97 Å². The van der Waals surface area contributed by atoms with Gasteiger partial charge in [0.1, 0.15) is 16.8 Å². The van der Waals surface area contributed by atoms with Crippen LogP contribution < -0.4 is 0 Å². The number of fused-ring (bicyclic) bond motifs is 13. The molecule has 0 fully saturated rings. The molecule has 2 aliphatic carbocycles. The van der Waals surface area contributed by atoms with E-state index < -0.39 is 5.41 Å². The van der Waals surface area contributed by atoms with E-state index in [1.54, 1.807) is 0 Å². The van der Waals surface area contributed by atoms with Gasteiger partial charge in [0.2, 0.25) is 0 Å². The summed E-state index contributed by atoms with van der Waals surface area (Å²) >= 11 is 0. The molecule has 0 unspecified atom stereocenters. The van der Waals surface area contributed by atoms with Crippen molar-refractivity contribution in [1.82, 2.24) is 9.97 Å². The van der Waals surface area contributed by atoms with Crippen LogP contribution in [0.4, 0.5) is 0 Å². The standard InChI is InChI=1S/C47H28N2O/c1-2-14-30(15-3-1)46-48-40(32-26-25-29-13-4-5-16-31(29)27-32)28-41(49-46)35-20-12-23-39-43(35)44-36-19-8-11-24-42(36)50-45(44)47(39)37-21-9-6-17-33(37)34-18-7-10-22-38(34)47/h1-28H. The molecule has 3 heteroatoms. The van der Waals surface area contributed by atoms with Crippen LogP contribution in [0.25, 0.3) is 77.9 Å². The van der Waals surface area contributed by atoms with Crippen molar-refractivity contribution in [2.45, 2.75) is 5.41 Å². The number of nitrogens with zero attached hydrogens (tertiary/aromatic N) is 2. The molecule has 232 valence electrons. The maximum absolute atomic E-state index is 7.03. The van der Waals surface area contributed by atoms with E-state index in [1.165, 1.54) is 44.2 Å². The van der Waals surface area contributed by atoms with Crippen LogP contribution >= 0.6 is 0 Å². The maximum Gasteiger partial charge on any atom is 0.160 e. The maximum atomic E-state index is 7.03. The fraction of sp³-hybridized carbons (Fsp3) is 0.0213. The van der Waals surface area contributed by atoms with Crippen molar-refractivity contribution in [3.05, 3.63) is 192 Å². The molecular weight excluding hydrogens is 609 g/mol. The molecule has 0 saturated carbocycles. The first kappa shape index (κ1) is 27.4. The molecule has 0 N–H and O–H groups in total. The minimum absolute atomic E-state index is 0.594. The van der Waals surface area contributed by atoms with Crippen LogP contribution in [-0.4, -0.2) is 9.97 Å². The van der Waals surface area contributed by atoms with Crippen molar-refractivity contribution >= 4 is 21.7 Å². The quantitative estimate of drug-likeness (QED) is 0.194. The summed E-state index contributed by atoms with van der Waals surface area (Å²) in [5.41, 5.74) is 13.7. The Morgan fingerprint density at radius 2 is 1.06 bits per heavy atom. The summed E-state index contributed by atoms with van der Waals surface area (Å²) in [6.07, 6.45) is 0. The molecule has 50 heavy (non-hydrogen) atoms. The Morgan fingerprint density at radius 3 is 1.88 bits per heavy atom. The average molecular weight is 637 g/mol. The van der Waals surface area contributed by atoms with Crippen LogP contribution in [0.15, 0.2) is 174 Å². The Bertz CT molecular complexity index is 2780. The Labute approximate surface area is 289 Å². The third-order valence-electron chi connectivity index (χ3n) is 10.7. The molecule has 0 amide bonds. The van der Waals surface area contributed by atoms with Crippen LogP contribution in [0.5, 0.6) is 0 Å². The number of rotatable bonds is 3. The molecule has 0 bridgehead atoms. The number of aromatic nitrogens is 2. The number of benzene rings is 7. The molecule has 0 aliphatic heterocycles. The van der Waals surface area contributed by atoms with Crippen LogP contribution in [-0.2, 0) is 5.41 Å². The molecule has 0 radical (unpaired) electrons. The zero-order valence-electron chi connectivity index (χ0n) is 27.0. The molecule has 2 aliphatic rings. The second-order valence-electron chi connectivity index (χ2n) is 13.3. The van der Waals surface area contributed by atoms with Gasteiger partial charge in [-0.3, -0.25) is 0 Å². The lowest BCUT2D eigenvalue weighted by Crippen LogP contribution is -2.25. The lowest BCUT2D eigenvalue weighted by atomic mass is 9.73. The van der Waals surface area contributed by atoms with E-state index in [4.69, 9.17) is 14.4 Å². The smallest absolute Gasteiger partial charge is 0.160 e. The SMILES string of the molecule is c1ccc(-c2nc(-c3ccc4ccccc4c3)cc(-c3cccc4c3-c3c(oc5ccccc35)C43c4ccccc4-c4ccccc43)n2)cc1. The van der Waals surface area contributed by atoms with Crippen LogP contribution in [0, 0.1) is 0 Å². The fourth-order valence-corrected chi connectivity index (χ4v) is 8.60. The molecule has 0 atom stereocenters. The second kappa shape index (κ2) is 10.2. The predicted octanol–water partition coefficient (Wildman–Crippen LogP) is 11.7. The largest absolute Gasteiger partial charge is 0.459 e. The van der Waals surface area contributed by atoms with Gasteiger partial charge in [0, 0.05) is 33.2 Å². The van der Waals surface area contributed by atoms with Crippen molar-refractivity contribution < 1.29 is 4.42 Å². The van der Waals surface area contributed by atoms with Gasteiger partial charge in [0.05, 0.1) is 11.4 Å². The van der Waals surface area contributed by atoms with E-state index >= 15 is 0 Å². The van der Waals surface area contributed by atoms with E-state index in [0.717, 1.165) is 50.4 Å². The lowest BCUT2D eigenvalue weighted by molar-refractivity contribution is 0.507. The number of furan rings is 1. The van der Waals surface area contributed by atoms with Gasteiger partial charge in [0.25, 0.3) is 0 Å². The Hall–Kier alpha value is -6.58. The predicted molar refractivity (Wildman–Crippen MR) is 202 cm³/mol. The third kappa shape index (κ3) is 3.64. The highest BCUT2D eigenvalue weighted by atomic mass is 16.3. The van der Waals surface area contributed by atoms with Crippen molar-refractivity contribution in [3.63, 3.8) is 0 Å². The summed E-state index contributed by atoms with van der Waals surface area (Å²) in [6, 6.07) is 60.3. The van der Waals surface area contributed by atoms with Crippen molar-refractivity contribution in [2.24, 2.45) is 0 Å². The molecule has 11 rings (SSSR count). The molecular formula is C47H28N2O.